The van der Waals surface area contributed by atoms with Crippen molar-refractivity contribution in [1.29, 1.82) is 0 Å². The van der Waals surface area contributed by atoms with E-state index in [2.05, 4.69) is 27.9 Å². The van der Waals surface area contributed by atoms with E-state index in [-0.39, 0.29) is 11.8 Å². The van der Waals surface area contributed by atoms with Gasteiger partial charge in [0.1, 0.15) is 6.04 Å². The van der Waals surface area contributed by atoms with Gasteiger partial charge in [0.2, 0.25) is 5.91 Å². The summed E-state index contributed by atoms with van der Waals surface area (Å²) in [6.07, 6.45) is 0.404. The van der Waals surface area contributed by atoms with E-state index >= 15 is 0 Å². The summed E-state index contributed by atoms with van der Waals surface area (Å²) >= 11 is 2.19. The fourth-order valence-electron chi connectivity index (χ4n) is 3.03. The zero-order chi connectivity index (χ0) is 18.8. The zero-order valence-electron chi connectivity index (χ0n) is 14.5. The Kier molecular flexibility index (Phi) is 5.41. The Morgan fingerprint density at radius 1 is 1.00 bits per heavy atom. The molecule has 0 fully saturated rings. The second kappa shape index (κ2) is 7.57. The number of carbonyl (C=O) groups is 3. The highest BCUT2D eigenvalue weighted by atomic mass is 127. The number of benzene rings is 2. The monoisotopic (exact) mass is 462 g/mol. The lowest BCUT2D eigenvalue weighted by Gasteiger charge is -2.26. The van der Waals surface area contributed by atoms with Gasteiger partial charge < -0.3 is 5.32 Å². The first-order chi connectivity index (χ1) is 12.4. The molecule has 134 valence electrons. The third kappa shape index (κ3) is 3.65. The molecule has 3 rings (SSSR count). The van der Waals surface area contributed by atoms with E-state index in [9.17, 15) is 14.4 Å². The predicted octanol–water partition coefficient (Wildman–Crippen LogP) is 3.94. The molecule has 0 radical (unpaired) electrons. The predicted molar refractivity (Wildman–Crippen MR) is 108 cm³/mol. The van der Waals surface area contributed by atoms with E-state index in [1.165, 1.54) is 0 Å². The van der Waals surface area contributed by atoms with Crippen LogP contribution in [0.5, 0.6) is 0 Å². The Morgan fingerprint density at radius 2 is 1.54 bits per heavy atom. The molecule has 1 atom stereocenters. The van der Waals surface area contributed by atoms with Gasteiger partial charge in [0, 0.05) is 9.26 Å². The lowest BCUT2D eigenvalue weighted by Crippen LogP contribution is -2.47. The Morgan fingerprint density at radius 3 is 2.04 bits per heavy atom. The molecule has 1 N–H and O–H groups in total. The molecule has 0 spiro atoms. The summed E-state index contributed by atoms with van der Waals surface area (Å²) in [6.45, 7) is 3.92. The molecule has 5 nitrogen and oxygen atoms in total. The molecular formula is C20H19IN2O3. The van der Waals surface area contributed by atoms with E-state index in [0.717, 1.165) is 8.47 Å². The average molecular weight is 462 g/mol. The van der Waals surface area contributed by atoms with Gasteiger partial charge in [-0.2, -0.15) is 0 Å². The van der Waals surface area contributed by atoms with E-state index in [1.54, 1.807) is 36.4 Å². The number of amides is 3. The Hall–Kier alpha value is -2.22. The van der Waals surface area contributed by atoms with Crippen molar-refractivity contribution in [3.05, 3.63) is 63.2 Å². The van der Waals surface area contributed by atoms with E-state index in [0.29, 0.717) is 23.2 Å². The molecule has 6 heteroatoms. The molecule has 2 aromatic rings. The number of fused-ring (bicyclic) bond motifs is 1. The number of nitrogens with one attached hydrogen (secondary N) is 1. The number of halogens is 1. The first-order valence-electron chi connectivity index (χ1n) is 8.42. The fourth-order valence-corrected chi connectivity index (χ4v) is 3.39. The number of carbonyl (C=O) groups excluding carboxylic acids is 3. The first-order valence-corrected chi connectivity index (χ1v) is 9.49. The number of rotatable bonds is 5. The Balaban J connectivity index is 1.89. The molecule has 1 aliphatic heterocycles. The van der Waals surface area contributed by atoms with Crippen molar-refractivity contribution in [2.24, 2.45) is 5.92 Å². The molecule has 0 unspecified atom stereocenters. The molecule has 1 aliphatic rings. The van der Waals surface area contributed by atoms with Crippen LogP contribution < -0.4 is 5.32 Å². The molecular weight excluding hydrogens is 443 g/mol. The third-order valence-electron chi connectivity index (χ3n) is 4.25. The van der Waals surface area contributed by atoms with E-state index in [1.807, 2.05) is 26.0 Å². The lowest BCUT2D eigenvalue weighted by atomic mass is 10.0. The lowest BCUT2D eigenvalue weighted by molar-refractivity contribution is -0.120. The molecule has 26 heavy (non-hydrogen) atoms. The van der Waals surface area contributed by atoms with Crippen LogP contribution in [0, 0.1) is 9.49 Å². The van der Waals surface area contributed by atoms with Crippen molar-refractivity contribution in [2.45, 2.75) is 26.3 Å². The van der Waals surface area contributed by atoms with Crippen LogP contribution in [0.3, 0.4) is 0 Å². The maximum Gasteiger partial charge on any atom is 0.262 e. The van der Waals surface area contributed by atoms with Crippen LogP contribution >= 0.6 is 22.6 Å². The standard InChI is InChI=1S/C20H19IN2O3/c1-12(2)11-17(18(24)22-14-9-7-13(21)8-10-14)23-19(25)15-5-3-4-6-16(15)20(23)26/h3-10,12,17H,11H2,1-2H3,(H,22,24)/t17-/m0/s1. The van der Waals surface area contributed by atoms with Crippen LogP contribution in [0.1, 0.15) is 41.0 Å². The normalized spacial score (nSPS) is 14.5. The van der Waals surface area contributed by atoms with Crippen molar-refractivity contribution >= 4 is 46.0 Å². The highest BCUT2D eigenvalue weighted by Gasteiger charge is 2.42. The number of nitrogens with zero attached hydrogens (tertiary/aromatic N) is 1. The highest BCUT2D eigenvalue weighted by Crippen LogP contribution is 2.27. The van der Waals surface area contributed by atoms with Gasteiger partial charge in [0.15, 0.2) is 0 Å². The summed E-state index contributed by atoms with van der Waals surface area (Å²) in [7, 11) is 0. The zero-order valence-corrected chi connectivity index (χ0v) is 16.7. The smallest absolute Gasteiger partial charge is 0.262 e. The SMILES string of the molecule is CC(C)C[C@@H](C(=O)Nc1ccc(I)cc1)N1C(=O)c2ccccc2C1=O. The highest BCUT2D eigenvalue weighted by molar-refractivity contribution is 14.1. The molecule has 3 amide bonds. The minimum atomic E-state index is -0.846. The van der Waals surface area contributed by atoms with Gasteiger partial charge >= 0.3 is 0 Å². The van der Waals surface area contributed by atoms with Gasteiger partial charge in [0.25, 0.3) is 11.8 Å². The van der Waals surface area contributed by atoms with Gasteiger partial charge in [-0.3, -0.25) is 19.3 Å². The number of hydrogen-bond acceptors (Lipinski definition) is 3. The van der Waals surface area contributed by atoms with E-state index < -0.39 is 17.9 Å². The third-order valence-corrected chi connectivity index (χ3v) is 4.97. The molecule has 1 heterocycles. The van der Waals surface area contributed by atoms with Gasteiger partial charge in [-0.1, -0.05) is 26.0 Å². The van der Waals surface area contributed by atoms with Crippen molar-refractivity contribution in [3.8, 4) is 0 Å². The van der Waals surface area contributed by atoms with Crippen molar-refractivity contribution < 1.29 is 14.4 Å². The summed E-state index contributed by atoms with van der Waals surface area (Å²) in [5.74, 6) is -1.02. The minimum Gasteiger partial charge on any atom is -0.324 e. The molecule has 0 saturated carbocycles. The number of anilines is 1. The Labute approximate surface area is 165 Å². The summed E-state index contributed by atoms with van der Waals surface area (Å²) < 4.78 is 1.06. The largest absolute Gasteiger partial charge is 0.324 e. The van der Waals surface area contributed by atoms with Crippen LogP contribution in [0.25, 0.3) is 0 Å². The van der Waals surface area contributed by atoms with Crippen LogP contribution in [0.4, 0.5) is 5.69 Å². The summed E-state index contributed by atoms with van der Waals surface area (Å²) in [6, 6.07) is 13.2. The van der Waals surface area contributed by atoms with Gasteiger partial charge in [-0.15, -0.1) is 0 Å². The second-order valence-corrected chi connectivity index (χ2v) is 7.91. The van der Waals surface area contributed by atoms with Crippen LogP contribution in [-0.4, -0.2) is 28.7 Å². The minimum absolute atomic E-state index is 0.145. The van der Waals surface area contributed by atoms with Crippen molar-refractivity contribution in [1.82, 2.24) is 4.90 Å². The average Bonchev–Trinajstić information content (AvgIpc) is 2.86. The summed E-state index contributed by atoms with van der Waals surface area (Å²) in [4.78, 5) is 39.5. The molecule has 2 aromatic carbocycles. The van der Waals surface area contributed by atoms with Crippen LogP contribution in [0.15, 0.2) is 48.5 Å². The van der Waals surface area contributed by atoms with Gasteiger partial charge in [-0.05, 0) is 71.3 Å². The summed E-state index contributed by atoms with van der Waals surface area (Å²) in [5, 5.41) is 2.83. The van der Waals surface area contributed by atoms with Gasteiger partial charge in [0.05, 0.1) is 11.1 Å². The summed E-state index contributed by atoms with van der Waals surface area (Å²) in [5.41, 5.74) is 1.35. The maximum absolute atomic E-state index is 12.9. The van der Waals surface area contributed by atoms with Crippen molar-refractivity contribution in [3.63, 3.8) is 0 Å². The fraction of sp³-hybridized carbons (Fsp3) is 0.250. The van der Waals surface area contributed by atoms with Crippen LogP contribution in [-0.2, 0) is 4.79 Å². The molecule has 0 aliphatic carbocycles. The van der Waals surface area contributed by atoms with E-state index in [4.69, 9.17) is 0 Å². The Bertz CT molecular complexity index is 827. The van der Waals surface area contributed by atoms with Gasteiger partial charge in [-0.25, -0.2) is 0 Å². The number of hydrogen-bond donors (Lipinski definition) is 1. The maximum atomic E-state index is 12.9. The molecule has 0 aromatic heterocycles. The number of imide groups is 1. The quantitative estimate of drug-likeness (QED) is 0.541. The van der Waals surface area contributed by atoms with Crippen molar-refractivity contribution in [2.75, 3.05) is 5.32 Å². The second-order valence-electron chi connectivity index (χ2n) is 6.67. The topological polar surface area (TPSA) is 66.5 Å². The molecule has 0 saturated heterocycles. The first kappa shape index (κ1) is 18.6. The molecule has 0 bridgehead atoms. The van der Waals surface area contributed by atoms with Crippen LogP contribution in [0.2, 0.25) is 0 Å².